The fraction of sp³-hybridized carbons (Fsp3) is 0.167. The summed E-state index contributed by atoms with van der Waals surface area (Å²) in [6.45, 7) is 0.468. The number of hydrogen-bond acceptors (Lipinski definition) is 3. The van der Waals surface area contributed by atoms with Crippen molar-refractivity contribution in [3.05, 3.63) is 43.1 Å². The van der Waals surface area contributed by atoms with E-state index in [2.05, 4.69) is 9.97 Å². The van der Waals surface area contributed by atoms with E-state index < -0.39 is 5.97 Å². The van der Waals surface area contributed by atoms with Crippen LogP contribution in [0.15, 0.2) is 43.1 Å². The molecule has 2 rings (SSSR count). The monoisotopic (exact) mass is 230 g/mol. The predicted molar refractivity (Wildman–Crippen MR) is 59.9 cm³/mol. The molecule has 0 unspecified atom stereocenters. The lowest BCUT2D eigenvalue weighted by molar-refractivity contribution is -0.695. The fourth-order valence-electron chi connectivity index (χ4n) is 1.45. The summed E-state index contributed by atoms with van der Waals surface area (Å²) in [6.07, 6.45) is 8.76. The minimum Gasteiger partial charge on any atom is -0.481 e. The van der Waals surface area contributed by atoms with Gasteiger partial charge in [-0.15, -0.1) is 0 Å². The van der Waals surface area contributed by atoms with E-state index in [4.69, 9.17) is 5.11 Å². The lowest BCUT2D eigenvalue weighted by Crippen LogP contribution is -2.33. The van der Waals surface area contributed by atoms with Crippen molar-refractivity contribution in [2.75, 3.05) is 0 Å². The Labute approximate surface area is 98.4 Å². The predicted octanol–water partition coefficient (Wildman–Crippen LogP) is 0.906. The molecule has 17 heavy (non-hydrogen) atoms. The van der Waals surface area contributed by atoms with Gasteiger partial charge in [0.25, 0.3) is 0 Å². The topological polar surface area (TPSA) is 67.0 Å². The molecule has 0 aliphatic carbocycles. The lowest BCUT2D eigenvalue weighted by Gasteiger charge is -1.98. The van der Waals surface area contributed by atoms with Crippen LogP contribution in [-0.4, -0.2) is 21.0 Å². The van der Waals surface area contributed by atoms with Crippen molar-refractivity contribution in [2.45, 2.75) is 13.0 Å². The Hall–Kier alpha value is -2.30. The SMILES string of the molecule is O=C(O)CC[n+]1ccc(-c2cnccn2)cc1. The summed E-state index contributed by atoms with van der Waals surface area (Å²) in [5.74, 6) is -0.796. The molecule has 86 valence electrons. The minimum atomic E-state index is -0.796. The fourth-order valence-corrected chi connectivity index (χ4v) is 1.45. The van der Waals surface area contributed by atoms with Gasteiger partial charge in [0.05, 0.1) is 11.9 Å². The van der Waals surface area contributed by atoms with Crippen molar-refractivity contribution in [1.29, 1.82) is 0 Å². The molecule has 0 bridgehead atoms. The van der Waals surface area contributed by atoms with Crippen LogP contribution < -0.4 is 4.57 Å². The van der Waals surface area contributed by atoms with Crippen molar-refractivity contribution < 1.29 is 14.5 Å². The van der Waals surface area contributed by atoms with Crippen LogP contribution in [0.2, 0.25) is 0 Å². The van der Waals surface area contributed by atoms with Gasteiger partial charge in [-0.05, 0) is 0 Å². The third kappa shape index (κ3) is 3.07. The van der Waals surface area contributed by atoms with E-state index in [1.165, 1.54) is 0 Å². The van der Waals surface area contributed by atoms with Crippen molar-refractivity contribution in [1.82, 2.24) is 9.97 Å². The molecule has 5 heteroatoms. The third-order valence-corrected chi connectivity index (χ3v) is 2.33. The Morgan fingerprint density at radius 2 is 2.06 bits per heavy atom. The smallest absolute Gasteiger partial charge is 0.309 e. The van der Waals surface area contributed by atoms with Crippen LogP contribution >= 0.6 is 0 Å². The summed E-state index contributed by atoms with van der Waals surface area (Å²) in [6, 6.07) is 3.79. The summed E-state index contributed by atoms with van der Waals surface area (Å²) in [7, 11) is 0. The number of rotatable bonds is 4. The second-order valence-electron chi connectivity index (χ2n) is 3.56. The lowest BCUT2D eigenvalue weighted by atomic mass is 10.2. The molecular weight excluding hydrogens is 218 g/mol. The molecule has 0 fully saturated rings. The molecule has 1 N–H and O–H groups in total. The number of carbonyl (C=O) groups is 1. The van der Waals surface area contributed by atoms with Crippen LogP contribution in [0, 0.1) is 0 Å². The van der Waals surface area contributed by atoms with E-state index in [0.717, 1.165) is 11.3 Å². The maximum Gasteiger partial charge on any atom is 0.309 e. The summed E-state index contributed by atoms with van der Waals surface area (Å²) in [5.41, 5.74) is 1.77. The van der Waals surface area contributed by atoms with Crippen LogP contribution in [0.25, 0.3) is 11.3 Å². The van der Waals surface area contributed by atoms with E-state index in [1.54, 1.807) is 18.6 Å². The third-order valence-electron chi connectivity index (χ3n) is 2.33. The normalized spacial score (nSPS) is 10.1. The largest absolute Gasteiger partial charge is 0.481 e. The Morgan fingerprint density at radius 3 is 2.65 bits per heavy atom. The van der Waals surface area contributed by atoms with E-state index >= 15 is 0 Å². The van der Waals surface area contributed by atoms with Crippen LogP contribution in [0.5, 0.6) is 0 Å². The Kier molecular flexibility index (Phi) is 3.40. The van der Waals surface area contributed by atoms with Crippen LogP contribution in [0.3, 0.4) is 0 Å². The quantitative estimate of drug-likeness (QED) is 0.793. The molecule has 0 aliphatic heterocycles. The molecule has 2 aromatic rings. The molecule has 0 radical (unpaired) electrons. The Balaban J connectivity index is 2.11. The zero-order valence-electron chi connectivity index (χ0n) is 9.15. The van der Waals surface area contributed by atoms with Gasteiger partial charge in [0, 0.05) is 30.1 Å². The number of pyridine rings is 1. The summed E-state index contributed by atoms with van der Waals surface area (Å²) >= 11 is 0. The molecule has 0 aromatic carbocycles. The number of aliphatic carboxylic acids is 1. The Morgan fingerprint density at radius 1 is 1.29 bits per heavy atom. The molecule has 0 saturated carbocycles. The van der Waals surface area contributed by atoms with Crippen LogP contribution in [0.1, 0.15) is 6.42 Å². The number of carboxylic acid groups (broad SMARTS) is 1. The zero-order chi connectivity index (χ0) is 12.1. The first-order chi connectivity index (χ1) is 8.25. The summed E-state index contributed by atoms with van der Waals surface area (Å²) < 4.78 is 1.83. The highest BCUT2D eigenvalue weighted by Crippen LogP contribution is 2.12. The first kappa shape index (κ1) is 11.2. The summed E-state index contributed by atoms with van der Waals surface area (Å²) in [4.78, 5) is 18.6. The van der Waals surface area contributed by atoms with Crippen molar-refractivity contribution in [3.8, 4) is 11.3 Å². The van der Waals surface area contributed by atoms with Crippen LogP contribution in [0.4, 0.5) is 0 Å². The first-order valence-electron chi connectivity index (χ1n) is 5.23. The molecule has 0 amide bonds. The van der Waals surface area contributed by atoms with Gasteiger partial charge in [0.1, 0.15) is 6.42 Å². The Bertz CT molecular complexity index is 497. The number of nitrogens with zero attached hydrogens (tertiary/aromatic N) is 3. The second-order valence-corrected chi connectivity index (χ2v) is 3.56. The van der Waals surface area contributed by atoms with E-state index in [-0.39, 0.29) is 6.42 Å². The van der Waals surface area contributed by atoms with Gasteiger partial charge in [-0.25, -0.2) is 4.57 Å². The van der Waals surface area contributed by atoms with Gasteiger partial charge >= 0.3 is 5.97 Å². The van der Waals surface area contributed by atoms with Crippen molar-refractivity contribution >= 4 is 5.97 Å². The average Bonchev–Trinajstić information content (AvgIpc) is 2.38. The zero-order valence-corrected chi connectivity index (χ0v) is 9.15. The number of aromatic nitrogens is 3. The van der Waals surface area contributed by atoms with E-state index in [1.807, 2.05) is 29.1 Å². The standard InChI is InChI=1S/C12H11N3O2/c16-12(17)3-8-15-6-1-10(2-7-15)11-9-13-4-5-14-11/h1-2,4-7,9H,3,8H2/p+1. The van der Waals surface area contributed by atoms with Gasteiger partial charge in [-0.1, -0.05) is 0 Å². The van der Waals surface area contributed by atoms with Gasteiger partial charge in [0.15, 0.2) is 18.9 Å². The maximum absolute atomic E-state index is 10.4. The minimum absolute atomic E-state index is 0.120. The molecule has 0 aliphatic rings. The molecular formula is C12H12N3O2+. The molecule has 2 heterocycles. The highest BCUT2D eigenvalue weighted by Gasteiger charge is 2.06. The van der Waals surface area contributed by atoms with Gasteiger partial charge < -0.3 is 5.11 Å². The van der Waals surface area contributed by atoms with Crippen molar-refractivity contribution in [3.63, 3.8) is 0 Å². The number of carboxylic acids is 1. The van der Waals surface area contributed by atoms with Gasteiger partial charge in [-0.3, -0.25) is 14.8 Å². The molecule has 0 saturated heterocycles. The molecule has 5 nitrogen and oxygen atoms in total. The number of hydrogen-bond donors (Lipinski definition) is 1. The van der Waals surface area contributed by atoms with Crippen molar-refractivity contribution in [2.24, 2.45) is 0 Å². The summed E-state index contributed by atoms with van der Waals surface area (Å²) in [5, 5.41) is 8.58. The molecule has 0 atom stereocenters. The highest BCUT2D eigenvalue weighted by atomic mass is 16.4. The highest BCUT2D eigenvalue weighted by molar-refractivity contribution is 5.66. The second kappa shape index (κ2) is 5.16. The van der Waals surface area contributed by atoms with E-state index in [0.29, 0.717) is 6.54 Å². The first-order valence-corrected chi connectivity index (χ1v) is 5.23. The van der Waals surface area contributed by atoms with Crippen LogP contribution in [-0.2, 0) is 11.3 Å². The molecule has 2 aromatic heterocycles. The number of aryl methyl sites for hydroxylation is 1. The molecule has 0 spiro atoms. The average molecular weight is 230 g/mol. The van der Waals surface area contributed by atoms with Gasteiger partial charge in [-0.2, -0.15) is 0 Å². The maximum atomic E-state index is 10.4. The van der Waals surface area contributed by atoms with E-state index in [9.17, 15) is 4.79 Å². The van der Waals surface area contributed by atoms with Gasteiger partial charge in [0.2, 0.25) is 0 Å².